The standard InChI is InChI=1S/C13H15NO2/c1-9-7-11(15)4-6-13(9)14-8-12-5-3-10(2)16-12/h3-7,14-15H,8H2,1-2H3. The summed E-state index contributed by atoms with van der Waals surface area (Å²) >= 11 is 0. The topological polar surface area (TPSA) is 45.4 Å². The molecular weight excluding hydrogens is 202 g/mol. The van der Waals surface area contributed by atoms with Crippen LogP contribution in [0.2, 0.25) is 0 Å². The lowest BCUT2D eigenvalue weighted by Gasteiger charge is -2.08. The van der Waals surface area contributed by atoms with Crippen LogP contribution in [0.25, 0.3) is 0 Å². The highest BCUT2D eigenvalue weighted by atomic mass is 16.3. The maximum Gasteiger partial charge on any atom is 0.123 e. The normalized spacial score (nSPS) is 10.4. The first-order valence-electron chi connectivity index (χ1n) is 5.24. The van der Waals surface area contributed by atoms with Crippen LogP contribution in [0, 0.1) is 13.8 Å². The van der Waals surface area contributed by atoms with E-state index < -0.39 is 0 Å². The van der Waals surface area contributed by atoms with Gasteiger partial charge in [-0.3, -0.25) is 0 Å². The largest absolute Gasteiger partial charge is 0.508 e. The van der Waals surface area contributed by atoms with Gasteiger partial charge in [0.15, 0.2) is 0 Å². The Morgan fingerprint density at radius 2 is 2.00 bits per heavy atom. The Balaban J connectivity index is 2.04. The number of phenols is 1. The number of hydrogen-bond acceptors (Lipinski definition) is 3. The van der Waals surface area contributed by atoms with Gasteiger partial charge in [0.25, 0.3) is 0 Å². The Labute approximate surface area is 94.7 Å². The molecule has 84 valence electrons. The summed E-state index contributed by atoms with van der Waals surface area (Å²) in [6, 6.07) is 9.16. The monoisotopic (exact) mass is 217 g/mol. The van der Waals surface area contributed by atoms with Crippen LogP contribution >= 0.6 is 0 Å². The number of aromatic hydroxyl groups is 1. The summed E-state index contributed by atoms with van der Waals surface area (Å²) in [4.78, 5) is 0. The van der Waals surface area contributed by atoms with E-state index in [0.717, 1.165) is 22.8 Å². The van der Waals surface area contributed by atoms with E-state index in [1.807, 2.05) is 32.0 Å². The molecule has 16 heavy (non-hydrogen) atoms. The first kappa shape index (κ1) is 10.6. The molecular formula is C13H15NO2. The van der Waals surface area contributed by atoms with Gasteiger partial charge in [-0.05, 0) is 49.7 Å². The average Bonchev–Trinajstić information content (AvgIpc) is 2.63. The number of aryl methyl sites for hydroxylation is 2. The first-order chi connectivity index (χ1) is 7.65. The van der Waals surface area contributed by atoms with Crippen molar-refractivity contribution in [2.45, 2.75) is 20.4 Å². The second-order valence-electron chi connectivity index (χ2n) is 3.87. The summed E-state index contributed by atoms with van der Waals surface area (Å²) in [6.45, 7) is 4.53. The average molecular weight is 217 g/mol. The maximum atomic E-state index is 9.28. The third kappa shape index (κ3) is 2.37. The third-order valence-corrected chi connectivity index (χ3v) is 2.46. The third-order valence-electron chi connectivity index (χ3n) is 2.46. The van der Waals surface area contributed by atoms with Gasteiger partial charge in [0.2, 0.25) is 0 Å². The van der Waals surface area contributed by atoms with Gasteiger partial charge in [-0.1, -0.05) is 0 Å². The van der Waals surface area contributed by atoms with E-state index in [1.54, 1.807) is 12.1 Å². The highest BCUT2D eigenvalue weighted by Gasteiger charge is 2.01. The maximum absolute atomic E-state index is 9.28. The zero-order chi connectivity index (χ0) is 11.5. The van der Waals surface area contributed by atoms with Gasteiger partial charge in [-0.25, -0.2) is 0 Å². The number of benzene rings is 1. The molecule has 0 aliphatic heterocycles. The van der Waals surface area contributed by atoms with Crippen molar-refractivity contribution in [1.82, 2.24) is 0 Å². The van der Waals surface area contributed by atoms with Crippen LogP contribution in [0.1, 0.15) is 17.1 Å². The quantitative estimate of drug-likeness (QED) is 0.776. The first-order valence-corrected chi connectivity index (χ1v) is 5.24. The number of phenolic OH excluding ortho intramolecular Hbond substituents is 1. The van der Waals surface area contributed by atoms with Crippen LogP contribution in [0.15, 0.2) is 34.7 Å². The molecule has 0 saturated heterocycles. The second kappa shape index (κ2) is 4.31. The highest BCUT2D eigenvalue weighted by Crippen LogP contribution is 2.20. The fourth-order valence-electron chi connectivity index (χ4n) is 1.61. The van der Waals surface area contributed by atoms with Crippen molar-refractivity contribution in [2.24, 2.45) is 0 Å². The van der Waals surface area contributed by atoms with Crippen LogP contribution in [-0.2, 0) is 6.54 Å². The molecule has 0 radical (unpaired) electrons. The number of rotatable bonds is 3. The molecule has 0 bridgehead atoms. The lowest BCUT2D eigenvalue weighted by Crippen LogP contribution is -1.99. The summed E-state index contributed by atoms with van der Waals surface area (Å²) in [7, 11) is 0. The predicted molar refractivity (Wildman–Crippen MR) is 63.6 cm³/mol. The molecule has 1 heterocycles. The zero-order valence-electron chi connectivity index (χ0n) is 9.45. The molecule has 0 aliphatic rings. The molecule has 0 fully saturated rings. The van der Waals surface area contributed by atoms with Gasteiger partial charge in [0, 0.05) is 5.69 Å². The molecule has 1 aromatic carbocycles. The molecule has 2 rings (SSSR count). The number of nitrogens with one attached hydrogen (secondary N) is 1. The molecule has 0 amide bonds. The predicted octanol–water partition coefficient (Wildman–Crippen LogP) is 3.21. The van der Waals surface area contributed by atoms with E-state index in [4.69, 9.17) is 4.42 Å². The molecule has 0 spiro atoms. The molecule has 0 unspecified atom stereocenters. The molecule has 3 nitrogen and oxygen atoms in total. The second-order valence-corrected chi connectivity index (χ2v) is 3.87. The van der Waals surface area contributed by atoms with Crippen molar-refractivity contribution in [3.8, 4) is 5.75 Å². The zero-order valence-corrected chi connectivity index (χ0v) is 9.45. The minimum absolute atomic E-state index is 0.289. The summed E-state index contributed by atoms with van der Waals surface area (Å²) < 4.78 is 5.46. The summed E-state index contributed by atoms with van der Waals surface area (Å²) in [5.41, 5.74) is 2.02. The van der Waals surface area contributed by atoms with E-state index in [2.05, 4.69) is 5.32 Å². The van der Waals surface area contributed by atoms with Crippen LogP contribution in [0.3, 0.4) is 0 Å². The molecule has 2 N–H and O–H groups in total. The molecule has 0 aliphatic carbocycles. The van der Waals surface area contributed by atoms with Gasteiger partial charge >= 0.3 is 0 Å². The van der Waals surface area contributed by atoms with Crippen molar-refractivity contribution < 1.29 is 9.52 Å². The van der Waals surface area contributed by atoms with E-state index in [9.17, 15) is 5.11 Å². The minimum atomic E-state index is 0.289. The van der Waals surface area contributed by atoms with Crippen molar-refractivity contribution in [1.29, 1.82) is 0 Å². The number of hydrogen-bond donors (Lipinski definition) is 2. The Morgan fingerprint density at radius 1 is 1.19 bits per heavy atom. The molecule has 2 aromatic rings. The lowest BCUT2D eigenvalue weighted by atomic mass is 10.2. The van der Waals surface area contributed by atoms with E-state index in [-0.39, 0.29) is 5.75 Å². The smallest absolute Gasteiger partial charge is 0.123 e. The summed E-state index contributed by atoms with van der Waals surface area (Å²) in [5.74, 6) is 2.11. The Bertz CT molecular complexity index is 488. The minimum Gasteiger partial charge on any atom is -0.508 e. The van der Waals surface area contributed by atoms with Crippen LogP contribution in [0.4, 0.5) is 5.69 Å². The Morgan fingerprint density at radius 3 is 2.62 bits per heavy atom. The van der Waals surface area contributed by atoms with Crippen molar-refractivity contribution in [3.05, 3.63) is 47.4 Å². The SMILES string of the molecule is Cc1ccc(CNc2ccc(O)cc2C)o1. The van der Waals surface area contributed by atoms with Gasteiger partial charge < -0.3 is 14.8 Å². The Hall–Kier alpha value is -1.90. The lowest BCUT2D eigenvalue weighted by molar-refractivity contribution is 0.475. The molecule has 0 atom stereocenters. The van der Waals surface area contributed by atoms with E-state index >= 15 is 0 Å². The summed E-state index contributed by atoms with van der Waals surface area (Å²) in [5, 5.41) is 12.5. The summed E-state index contributed by atoms with van der Waals surface area (Å²) in [6.07, 6.45) is 0. The number of furan rings is 1. The van der Waals surface area contributed by atoms with Crippen LogP contribution < -0.4 is 5.32 Å². The van der Waals surface area contributed by atoms with Gasteiger partial charge in [-0.2, -0.15) is 0 Å². The van der Waals surface area contributed by atoms with Crippen LogP contribution in [-0.4, -0.2) is 5.11 Å². The van der Waals surface area contributed by atoms with Crippen LogP contribution in [0.5, 0.6) is 5.75 Å². The molecule has 3 heteroatoms. The van der Waals surface area contributed by atoms with Crippen molar-refractivity contribution in [2.75, 3.05) is 5.32 Å². The Kier molecular flexibility index (Phi) is 2.86. The van der Waals surface area contributed by atoms with Gasteiger partial charge in [0.1, 0.15) is 17.3 Å². The van der Waals surface area contributed by atoms with E-state index in [1.165, 1.54) is 0 Å². The van der Waals surface area contributed by atoms with Crippen molar-refractivity contribution >= 4 is 5.69 Å². The number of anilines is 1. The molecule has 1 aromatic heterocycles. The van der Waals surface area contributed by atoms with Crippen molar-refractivity contribution in [3.63, 3.8) is 0 Å². The van der Waals surface area contributed by atoms with E-state index in [0.29, 0.717) is 6.54 Å². The van der Waals surface area contributed by atoms with Gasteiger partial charge in [-0.15, -0.1) is 0 Å². The fraction of sp³-hybridized carbons (Fsp3) is 0.231. The fourth-order valence-corrected chi connectivity index (χ4v) is 1.61. The highest BCUT2D eigenvalue weighted by molar-refractivity contribution is 5.53. The molecule has 0 saturated carbocycles. The van der Waals surface area contributed by atoms with Gasteiger partial charge in [0.05, 0.1) is 6.54 Å².